The fourth-order valence-electron chi connectivity index (χ4n) is 6.75. The van der Waals surface area contributed by atoms with Crippen molar-refractivity contribution < 1.29 is 22.7 Å². The van der Waals surface area contributed by atoms with Gasteiger partial charge in [0, 0.05) is 42.4 Å². The van der Waals surface area contributed by atoms with Crippen molar-refractivity contribution >= 4 is 22.5 Å². The molecule has 0 radical (unpaired) electrons. The molecule has 3 aromatic rings. The molecule has 0 bridgehead atoms. The second-order valence-corrected chi connectivity index (χ2v) is 11.6. The Morgan fingerprint density at radius 1 is 0.927 bits per heavy atom. The molecule has 2 aromatic heterocycles. The molecule has 0 unspecified atom stereocenters. The molecule has 1 aromatic carbocycles. The van der Waals surface area contributed by atoms with Crippen LogP contribution in [0.25, 0.3) is 22.0 Å². The van der Waals surface area contributed by atoms with Gasteiger partial charge in [0.05, 0.1) is 36.0 Å². The van der Waals surface area contributed by atoms with E-state index in [4.69, 9.17) is 4.74 Å². The summed E-state index contributed by atoms with van der Waals surface area (Å²) in [6, 6.07) is 9.81. The van der Waals surface area contributed by atoms with Gasteiger partial charge in [-0.25, -0.2) is 4.98 Å². The van der Waals surface area contributed by atoms with E-state index in [1.54, 1.807) is 24.3 Å². The van der Waals surface area contributed by atoms with Crippen LogP contribution in [0.1, 0.15) is 44.1 Å². The van der Waals surface area contributed by atoms with Gasteiger partial charge in [0.15, 0.2) is 0 Å². The summed E-state index contributed by atoms with van der Waals surface area (Å²) in [5.74, 6) is 0.523. The maximum Gasteiger partial charge on any atom is 0.401 e. The molecule has 0 saturated carbocycles. The monoisotopic (exact) mass is 567 g/mol. The van der Waals surface area contributed by atoms with E-state index in [0.717, 1.165) is 46.2 Å². The number of rotatable bonds is 7. The highest BCUT2D eigenvalue weighted by Gasteiger charge is 2.52. The number of amides is 1. The molecule has 3 aliphatic heterocycles. The number of nitrogens with zero attached hydrogens (tertiary/aromatic N) is 5. The molecule has 2 fully saturated rings. The summed E-state index contributed by atoms with van der Waals surface area (Å²) >= 11 is 0. The minimum absolute atomic E-state index is 0.0673. The van der Waals surface area contributed by atoms with Crippen LogP contribution in [0.15, 0.2) is 42.7 Å². The first-order valence-electron chi connectivity index (χ1n) is 14.6. The van der Waals surface area contributed by atoms with Gasteiger partial charge in [-0.3, -0.25) is 14.7 Å². The summed E-state index contributed by atoms with van der Waals surface area (Å²) in [5, 5.41) is 0.861. The molecule has 1 spiro atoms. The van der Waals surface area contributed by atoms with Crippen LogP contribution in [-0.4, -0.2) is 84.8 Å². The van der Waals surface area contributed by atoms with Gasteiger partial charge in [-0.05, 0) is 82.0 Å². The number of aromatic nitrogens is 2. The van der Waals surface area contributed by atoms with Gasteiger partial charge < -0.3 is 14.5 Å². The van der Waals surface area contributed by atoms with E-state index in [-0.39, 0.29) is 19.0 Å². The lowest BCUT2D eigenvalue weighted by molar-refractivity contribution is -0.150. The van der Waals surface area contributed by atoms with Crippen molar-refractivity contribution in [3.05, 3.63) is 48.3 Å². The summed E-state index contributed by atoms with van der Waals surface area (Å²) in [6.45, 7) is 3.51. The predicted molar refractivity (Wildman–Crippen MR) is 152 cm³/mol. The number of likely N-dealkylation sites (N-methyl/N-ethyl adjacent to an activating group) is 1. The number of carbonyl (C=O) groups excluding carboxylic acids is 1. The van der Waals surface area contributed by atoms with E-state index in [9.17, 15) is 18.0 Å². The largest absolute Gasteiger partial charge is 0.478 e. The average molecular weight is 568 g/mol. The number of piperidine rings is 2. The Labute approximate surface area is 238 Å². The Morgan fingerprint density at radius 2 is 1.68 bits per heavy atom. The maximum atomic E-state index is 13.6. The van der Waals surface area contributed by atoms with Gasteiger partial charge in [-0.1, -0.05) is 12.5 Å². The first-order valence-corrected chi connectivity index (χ1v) is 14.6. The minimum Gasteiger partial charge on any atom is -0.478 e. The van der Waals surface area contributed by atoms with E-state index in [1.807, 2.05) is 30.3 Å². The van der Waals surface area contributed by atoms with Gasteiger partial charge in [0.2, 0.25) is 11.8 Å². The second kappa shape index (κ2) is 11.2. The van der Waals surface area contributed by atoms with Gasteiger partial charge in [-0.15, -0.1) is 0 Å². The predicted octanol–water partition coefficient (Wildman–Crippen LogP) is 5.42. The molecule has 7 nitrogen and oxygen atoms in total. The molecule has 10 heteroatoms. The number of fused-ring (bicyclic) bond motifs is 4. The van der Waals surface area contributed by atoms with E-state index < -0.39 is 18.1 Å². The number of alkyl halides is 3. The third-order valence-electron chi connectivity index (χ3n) is 8.90. The lowest BCUT2D eigenvalue weighted by Crippen LogP contribution is -2.50. The lowest BCUT2D eigenvalue weighted by atomic mass is 9.72. The Morgan fingerprint density at radius 3 is 2.39 bits per heavy atom. The molecule has 0 atom stereocenters. The van der Waals surface area contributed by atoms with Gasteiger partial charge >= 0.3 is 6.18 Å². The zero-order valence-electron chi connectivity index (χ0n) is 23.4. The molecule has 2 saturated heterocycles. The van der Waals surface area contributed by atoms with E-state index in [1.165, 1.54) is 37.3 Å². The van der Waals surface area contributed by atoms with Crippen molar-refractivity contribution in [2.24, 2.45) is 0 Å². The highest BCUT2D eigenvalue weighted by Crippen LogP contribution is 2.50. The van der Waals surface area contributed by atoms with Crippen LogP contribution in [0.2, 0.25) is 0 Å². The SMILES string of the molecule is CN1C(=O)C2(CCN(CC(F)(F)F)CC2)c2c1cnc1ccc(-c3ccc(OCCCN4CCCCC4)nc3)cc21. The number of likely N-dealkylation sites (tertiary alicyclic amines) is 2. The first-order chi connectivity index (χ1) is 19.7. The summed E-state index contributed by atoms with van der Waals surface area (Å²) in [4.78, 5) is 28.2. The van der Waals surface area contributed by atoms with Gasteiger partial charge in [0.25, 0.3) is 0 Å². The van der Waals surface area contributed by atoms with Gasteiger partial charge in [0.1, 0.15) is 0 Å². The Kier molecular flexibility index (Phi) is 7.63. The zero-order chi connectivity index (χ0) is 28.6. The summed E-state index contributed by atoms with van der Waals surface area (Å²) in [5.41, 5.74) is 3.37. The number of ether oxygens (including phenoxy) is 1. The van der Waals surface area contributed by atoms with Crippen LogP contribution in [0.5, 0.6) is 5.88 Å². The number of hydrogen-bond donors (Lipinski definition) is 0. The summed E-state index contributed by atoms with van der Waals surface area (Å²) < 4.78 is 45.0. The average Bonchev–Trinajstić information content (AvgIpc) is 3.18. The third kappa shape index (κ3) is 5.64. The molecule has 3 aliphatic rings. The molecule has 41 heavy (non-hydrogen) atoms. The normalized spacial score (nSPS) is 19.7. The van der Waals surface area contributed by atoms with Crippen LogP contribution >= 0.6 is 0 Å². The van der Waals surface area contributed by atoms with Crippen LogP contribution in [0, 0.1) is 0 Å². The van der Waals surface area contributed by atoms with Crippen molar-refractivity contribution in [1.29, 1.82) is 0 Å². The Hall–Kier alpha value is -3.24. The third-order valence-corrected chi connectivity index (χ3v) is 8.90. The fraction of sp³-hybridized carbons (Fsp3) is 0.516. The van der Waals surface area contributed by atoms with E-state index >= 15 is 0 Å². The van der Waals surface area contributed by atoms with Crippen LogP contribution in [0.3, 0.4) is 0 Å². The molecule has 0 aliphatic carbocycles. The zero-order valence-corrected chi connectivity index (χ0v) is 23.4. The van der Waals surface area contributed by atoms with Crippen molar-refractivity contribution in [2.75, 3.05) is 57.8 Å². The molecule has 6 rings (SSSR count). The maximum absolute atomic E-state index is 13.6. The lowest BCUT2D eigenvalue weighted by Gasteiger charge is -2.38. The number of anilines is 1. The molecular formula is C31H36F3N5O2. The Balaban J connectivity index is 1.21. The molecule has 218 valence electrons. The molecule has 1 amide bonds. The van der Waals surface area contributed by atoms with Crippen molar-refractivity contribution in [1.82, 2.24) is 19.8 Å². The summed E-state index contributed by atoms with van der Waals surface area (Å²) in [6.07, 6.45) is 4.80. The van der Waals surface area contributed by atoms with Crippen LogP contribution in [0.4, 0.5) is 18.9 Å². The van der Waals surface area contributed by atoms with E-state index in [0.29, 0.717) is 25.3 Å². The molecule has 5 heterocycles. The quantitative estimate of drug-likeness (QED) is 0.355. The van der Waals surface area contributed by atoms with Crippen molar-refractivity contribution in [2.45, 2.75) is 50.1 Å². The fourth-order valence-corrected chi connectivity index (χ4v) is 6.75. The number of pyridine rings is 2. The standard InChI is InChI=1S/C31H36F3N5O2/c1-37-26-20-35-25-8-6-22(23-7-9-27(36-19-23)41-17-5-14-38-12-3-2-4-13-38)18-24(25)28(26)30(29(37)40)10-15-39(16-11-30)21-31(32,33)34/h6-9,18-20H,2-5,10-17,21H2,1H3. The van der Waals surface area contributed by atoms with Gasteiger partial charge in [-0.2, -0.15) is 13.2 Å². The highest BCUT2D eigenvalue weighted by molar-refractivity contribution is 6.12. The molecular weight excluding hydrogens is 531 g/mol. The summed E-state index contributed by atoms with van der Waals surface area (Å²) in [7, 11) is 1.73. The number of benzene rings is 1. The number of halogens is 3. The van der Waals surface area contributed by atoms with Crippen molar-refractivity contribution in [3.63, 3.8) is 0 Å². The molecule has 0 N–H and O–H groups in total. The van der Waals surface area contributed by atoms with E-state index in [2.05, 4.69) is 14.9 Å². The van der Waals surface area contributed by atoms with Crippen LogP contribution in [-0.2, 0) is 10.2 Å². The van der Waals surface area contributed by atoms with Crippen LogP contribution < -0.4 is 9.64 Å². The highest BCUT2D eigenvalue weighted by atomic mass is 19.4. The number of hydrogen-bond acceptors (Lipinski definition) is 6. The number of carbonyl (C=O) groups is 1. The first kappa shape index (κ1) is 27.9. The Bertz CT molecular complexity index is 1400. The smallest absolute Gasteiger partial charge is 0.401 e. The minimum atomic E-state index is -4.26. The second-order valence-electron chi connectivity index (χ2n) is 11.6. The topological polar surface area (TPSA) is 61.8 Å². The van der Waals surface area contributed by atoms with Crippen molar-refractivity contribution in [3.8, 4) is 17.0 Å².